The lowest BCUT2D eigenvalue weighted by Gasteiger charge is -2.21. The topological polar surface area (TPSA) is 79.5 Å². The molecule has 0 atom stereocenters. The molecule has 0 bridgehead atoms. The van der Waals surface area contributed by atoms with Crippen molar-refractivity contribution in [2.24, 2.45) is 10.8 Å². The van der Waals surface area contributed by atoms with Crippen LogP contribution in [-0.2, 0) is 0 Å². The molecule has 0 radical (unpaired) electrons. The maximum atomic E-state index is 10.7. The monoisotopic (exact) mass is 298 g/mol. The van der Waals surface area contributed by atoms with Gasteiger partial charge in [-0.3, -0.25) is 0 Å². The summed E-state index contributed by atoms with van der Waals surface area (Å²) in [5, 5.41) is 7.36. The molecule has 4 N–H and O–H groups in total. The number of rotatable bonds is 2. The summed E-state index contributed by atoms with van der Waals surface area (Å²) in [5.74, 6) is 0. The average Bonchev–Trinajstić information content (AvgIpc) is 2.50. The van der Waals surface area contributed by atoms with Gasteiger partial charge >= 0.3 is 6.03 Å². The van der Waals surface area contributed by atoms with E-state index in [0.717, 1.165) is 21.8 Å². The fourth-order valence-electron chi connectivity index (χ4n) is 2.07. The molecule has 0 aliphatic carbocycles. The summed E-state index contributed by atoms with van der Waals surface area (Å²) >= 11 is 1.73. The minimum atomic E-state index is -0.671. The van der Waals surface area contributed by atoms with Crippen LogP contribution in [0.5, 0.6) is 0 Å². The molecule has 2 amide bonds. The Kier molecular flexibility index (Phi) is 3.53. The molecule has 0 saturated heterocycles. The van der Waals surface area contributed by atoms with Crippen LogP contribution in [0.15, 0.2) is 57.4 Å². The lowest BCUT2D eigenvalue weighted by molar-refractivity contribution is 0.249. The standard InChI is InChI=1S/C15H14N4OS/c1-9(18-19-15(16)20)10-6-7-14-12(8-10)17-11-4-2-3-5-13(11)21-14/h2-8,17H,1H3,(H3,16,19,20). The molecule has 3 rings (SSSR count). The number of anilines is 2. The first-order chi connectivity index (χ1) is 10.1. The van der Waals surface area contributed by atoms with E-state index in [9.17, 15) is 4.79 Å². The Bertz CT molecular complexity index is 742. The van der Waals surface area contributed by atoms with Gasteiger partial charge in [-0.05, 0) is 36.8 Å². The highest BCUT2D eigenvalue weighted by Gasteiger charge is 2.15. The van der Waals surface area contributed by atoms with Gasteiger partial charge in [-0.1, -0.05) is 30.0 Å². The van der Waals surface area contributed by atoms with Gasteiger partial charge in [-0.2, -0.15) is 5.10 Å². The molecule has 0 fully saturated rings. The highest BCUT2D eigenvalue weighted by molar-refractivity contribution is 7.99. The number of carbonyl (C=O) groups is 1. The minimum absolute atomic E-state index is 0.671. The summed E-state index contributed by atoms with van der Waals surface area (Å²) in [6.45, 7) is 1.82. The van der Waals surface area contributed by atoms with Crippen molar-refractivity contribution in [1.29, 1.82) is 0 Å². The van der Waals surface area contributed by atoms with Crippen molar-refractivity contribution in [3.63, 3.8) is 0 Å². The average molecular weight is 298 g/mol. The van der Waals surface area contributed by atoms with Gasteiger partial charge in [0.25, 0.3) is 0 Å². The predicted octanol–water partition coefficient (Wildman–Crippen LogP) is 3.29. The van der Waals surface area contributed by atoms with Crippen molar-refractivity contribution in [2.75, 3.05) is 5.32 Å². The summed E-state index contributed by atoms with van der Waals surface area (Å²) in [7, 11) is 0. The number of fused-ring (bicyclic) bond motifs is 2. The third-order valence-electron chi connectivity index (χ3n) is 3.11. The van der Waals surface area contributed by atoms with Crippen LogP contribution in [-0.4, -0.2) is 11.7 Å². The van der Waals surface area contributed by atoms with Crippen LogP contribution < -0.4 is 16.5 Å². The molecule has 0 aromatic heterocycles. The van der Waals surface area contributed by atoms with Gasteiger partial charge in [0.1, 0.15) is 0 Å². The number of nitrogens with one attached hydrogen (secondary N) is 2. The highest BCUT2D eigenvalue weighted by Crippen LogP contribution is 2.44. The lowest BCUT2D eigenvalue weighted by atomic mass is 10.1. The molecule has 5 nitrogen and oxygen atoms in total. The molecular formula is C15H14N4OS. The zero-order chi connectivity index (χ0) is 14.8. The molecule has 2 aromatic carbocycles. The van der Waals surface area contributed by atoms with Gasteiger partial charge in [0.05, 0.1) is 17.1 Å². The first-order valence-electron chi connectivity index (χ1n) is 6.41. The summed E-state index contributed by atoms with van der Waals surface area (Å²) in [5.41, 5.74) is 11.0. The number of nitrogens with two attached hydrogens (primary N) is 1. The van der Waals surface area contributed by atoms with Crippen molar-refractivity contribution >= 4 is 34.9 Å². The third kappa shape index (κ3) is 2.85. The molecule has 0 spiro atoms. The number of hydrogen-bond acceptors (Lipinski definition) is 4. The summed E-state index contributed by atoms with van der Waals surface area (Å²) < 4.78 is 0. The third-order valence-corrected chi connectivity index (χ3v) is 4.26. The second-order valence-electron chi connectivity index (χ2n) is 4.61. The molecule has 106 valence electrons. The van der Waals surface area contributed by atoms with Gasteiger partial charge in [0.2, 0.25) is 0 Å². The molecule has 1 aliphatic heterocycles. The van der Waals surface area contributed by atoms with Crippen LogP contribution in [0.2, 0.25) is 0 Å². The number of hydrazone groups is 1. The van der Waals surface area contributed by atoms with E-state index in [1.165, 1.54) is 4.90 Å². The Morgan fingerprint density at radius 3 is 2.76 bits per heavy atom. The first kappa shape index (κ1) is 13.5. The van der Waals surface area contributed by atoms with Gasteiger partial charge < -0.3 is 11.1 Å². The maximum Gasteiger partial charge on any atom is 0.332 e. The van der Waals surface area contributed by atoms with E-state index in [2.05, 4.69) is 21.9 Å². The fourth-order valence-corrected chi connectivity index (χ4v) is 3.04. The Labute approximate surface area is 126 Å². The highest BCUT2D eigenvalue weighted by atomic mass is 32.2. The lowest BCUT2D eigenvalue weighted by Crippen LogP contribution is -2.25. The second-order valence-corrected chi connectivity index (χ2v) is 5.69. The zero-order valence-corrected chi connectivity index (χ0v) is 12.2. The predicted molar refractivity (Wildman–Crippen MR) is 85.2 cm³/mol. The number of amides is 2. The smallest absolute Gasteiger partial charge is 0.332 e. The normalized spacial score (nSPS) is 12.9. The van der Waals surface area contributed by atoms with Crippen LogP contribution in [0.25, 0.3) is 0 Å². The zero-order valence-electron chi connectivity index (χ0n) is 11.4. The van der Waals surface area contributed by atoms with E-state index >= 15 is 0 Å². The molecular weight excluding hydrogens is 284 g/mol. The first-order valence-corrected chi connectivity index (χ1v) is 7.23. The molecule has 1 heterocycles. The summed E-state index contributed by atoms with van der Waals surface area (Å²) in [4.78, 5) is 13.1. The van der Waals surface area contributed by atoms with Crippen molar-refractivity contribution < 1.29 is 4.79 Å². The number of nitrogens with zero attached hydrogens (tertiary/aromatic N) is 1. The van der Waals surface area contributed by atoms with E-state index in [4.69, 9.17) is 5.73 Å². The van der Waals surface area contributed by atoms with Crippen LogP contribution in [0.1, 0.15) is 12.5 Å². The number of primary amides is 1. The Hall–Kier alpha value is -2.47. The van der Waals surface area contributed by atoms with Crippen LogP contribution in [0.3, 0.4) is 0 Å². The number of hydrogen-bond donors (Lipinski definition) is 3. The van der Waals surface area contributed by atoms with Gasteiger partial charge in [0.15, 0.2) is 0 Å². The maximum absolute atomic E-state index is 10.7. The number of benzene rings is 2. The van der Waals surface area contributed by atoms with E-state index < -0.39 is 6.03 Å². The van der Waals surface area contributed by atoms with Crippen molar-refractivity contribution in [2.45, 2.75) is 16.7 Å². The molecule has 1 aliphatic rings. The van der Waals surface area contributed by atoms with Gasteiger partial charge in [0, 0.05) is 9.79 Å². The van der Waals surface area contributed by atoms with E-state index in [1.54, 1.807) is 11.8 Å². The molecule has 21 heavy (non-hydrogen) atoms. The Balaban J connectivity index is 1.90. The van der Waals surface area contributed by atoms with Gasteiger partial charge in [-0.25, -0.2) is 10.2 Å². The largest absolute Gasteiger partial charge is 0.354 e. The van der Waals surface area contributed by atoms with E-state index in [0.29, 0.717) is 5.71 Å². The number of urea groups is 1. The fraction of sp³-hybridized carbons (Fsp3) is 0.0667. The summed E-state index contributed by atoms with van der Waals surface area (Å²) in [6.07, 6.45) is 0. The number of carbonyl (C=O) groups excluding carboxylic acids is 1. The second kappa shape index (κ2) is 5.49. The molecule has 2 aromatic rings. The van der Waals surface area contributed by atoms with Crippen molar-refractivity contribution in [3.8, 4) is 0 Å². The SMILES string of the molecule is CC(=NNC(N)=O)c1ccc2c(c1)Nc1ccccc1S2. The quantitative estimate of drug-likeness (QED) is 0.502. The van der Waals surface area contributed by atoms with Crippen LogP contribution in [0, 0.1) is 0 Å². The Morgan fingerprint density at radius 2 is 1.95 bits per heavy atom. The number of para-hydroxylation sites is 1. The molecule has 0 saturated carbocycles. The van der Waals surface area contributed by atoms with Gasteiger partial charge in [-0.15, -0.1) is 0 Å². The van der Waals surface area contributed by atoms with Crippen LogP contribution in [0.4, 0.5) is 16.2 Å². The van der Waals surface area contributed by atoms with Crippen LogP contribution >= 0.6 is 11.8 Å². The van der Waals surface area contributed by atoms with Crippen molar-refractivity contribution in [1.82, 2.24) is 5.43 Å². The molecule has 6 heteroatoms. The Morgan fingerprint density at radius 1 is 1.19 bits per heavy atom. The van der Waals surface area contributed by atoms with E-state index in [-0.39, 0.29) is 0 Å². The molecule has 0 unspecified atom stereocenters. The van der Waals surface area contributed by atoms with Crippen molar-refractivity contribution in [3.05, 3.63) is 48.0 Å². The summed E-state index contributed by atoms with van der Waals surface area (Å²) in [6, 6.07) is 13.5. The minimum Gasteiger partial charge on any atom is -0.354 e. The van der Waals surface area contributed by atoms with E-state index in [1.807, 2.05) is 43.3 Å².